The molecule has 0 aliphatic rings. The number of hydrogen-bond acceptors (Lipinski definition) is 5. The van der Waals surface area contributed by atoms with Gasteiger partial charge in [-0.1, -0.05) is 29.8 Å². The third-order valence-corrected chi connectivity index (χ3v) is 7.18. The molecule has 0 spiro atoms. The number of nitrogens with zero attached hydrogens (tertiary/aromatic N) is 1. The van der Waals surface area contributed by atoms with Gasteiger partial charge in [0, 0.05) is 17.1 Å². The number of benzene rings is 2. The quantitative estimate of drug-likeness (QED) is 0.576. The van der Waals surface area contributed by atoms with E-state index < -0.39 is 9.84 Å². The van der Waals surface area contributed by atoms with Crippen molar-refractivity contribution in [1.82, 2.24) is 4.98 Å². The van der Waals surface area contributed by atoms with Gasteiger partial charge in [-0.15, -0.1) is 11.3 Å². The Hall–Kier alpha value is -1.96. The number of hydrogen-bond donors (Lipinski definition) is 1. The van der Waals surface area contributed by atoms with Crippen molar-refractivity contribution in [2.45, 2.75) is 30.5 Å². The Morgan fingerprint density at radius 3 is 2.70 bits per heavy atom. The highest BCUT2D eigenvalue weighted by Gasteiger charge is 2.22. The molecule has 3 rings (SSSR count). The van der Waals surface area contributed by atoms with E-state index in [4.69, 9.17) is 11.6 Å². The first-order chi connectivity index (χ1) is 12.8. The molecule has 8 heteroatoms. The molecule has 1 atom stereocenters. The Morgan fingerprint density at radius 1 is 1.30 bits per heavy atom. The van der Waals surface area contributed by atoms with Gasteiger partial charge in [-0.2, -0.15) is 0 Å². The average molecular weight is 425 g/mol. The van der Waals surface area contributed by atoms with Crippen LogP contribution >= 0.6 is 22.9 Å². The van der Waals surface area contributed by atoms with Crippen LogP contribution < -0.4 is 5.32 Å². The Balaban J connectivity index is 1.88. The third-order valence-electron chi connectivity index (χ3n) is 4.14. The van der Waals surface area contributed by atoms with E-state index in [1.165, 1.54) is 23.5 Å². The Labute approximate surface area is 167 Å². The van der Waals surface area contributed by atoms with Gasteiger partial charge in [-0.25, -0.2) is 17.8 Å². The van der Waals surface area contributed by atoms with Crippen LogP contribution in [0.25, 0.3) is 0 Å². The van der Waals surface area contributed by atoms with Crippen LogP contribution in [0.3, 0.4) is 0 Å². The summed E-state index contributed by atoms with van der Waals surface area (Å²) < 4.78 is 39.4. The number of nitrogens with one attached hydrogen (secondary N) is 1. The second-order valence-corrected chi connectivity index (χ2v) is 9.51. The summed E-state index contributed by atoms with van der Waals surface area (Å²) in [4.78, 5) is 4.21. The maximum absolute atomic E-state index is 14.0. The monoisotopic (exact) mass is 424 g/mol. The highest BCUT2D eigenvalue weighted by molar-refractivity contribution is 7.90. The van der Waals surface area contributed by atoms with Crippen LogP contribution in [0.5, 0.6) is 0 Å². The van der Waals surface area contributed by atoms with E-state index in [0.717, 1.165) is 0 Å². The lowest BCUT2D eigenvalue weighted by molar-refractivity contribution is 0.594. The van der Waals surface area contributed by atoms with Crippen molar-refractivity contribution in [3.05, 3.63) is 74.9 Å². The molecule has 1 heterocycles. The Kier molecular flexibility index (Phi) is 5.83. The normalized spacial score (nSPS) is 12.7. The van der Waals surface area contributed by atoms with Crippen molar-refractivity contribution in [2.75, 3.05) is 5.32 Å². The molecule has 0 bridgehead atoms. The van der Waals surface area contributed by atoms with Gasteiger partial charge in [-0.05, 0) is 37.6 Å². The van der Waals surface area contributed by atoms with E-state index >= 15 is 0 Å². The molecule has 0 aliphatic heterocycles. The largest absolute Gasteiger partial charge is 0.377 e. The SMILES string of the molecule is Cc1cc(N[C@@H](C)c2ccccc2F)c(Cl)cc1S(=O)(=O)Cc1nccs1. The number of anilines is 1. The van der Waals surface area contributed by atoms with Gasteiger partial charge in [0.1, 0.15) is 16.6 Å². The van der Waals surface area contributed by atoms with E-state index in [2.05, 4.69) is 10.3 Å². The lowest BCUT2D eigenvalue weighted by Crippen LogP contribution is -2.11. The lowest BCUT2D eigenvalue weighted by Gasteiger charge is -2.19. The average Bonchev–Trinajstić information content (AvgIpc) is 3.10. The molecule has 0 fully saturated rings. The topological polar surface area (TPSA) is 59.1 Å². The Bertz CT molecular complexity index is 1050. The van der Waals surface area contributed by atoms with Crippen molar-refractivity contribution < 1.29 is 12.8 Å². The molecule has 3 aromatic rings. The number of rotatable bonds is 6. The Morgan fingerprint density at radius 2 is 2.04 bits per heavy atom. The minimum absolute atomic E-state index is 0.166. The van der Waals surface area contributed by atoms with Crippen molar-refractivity contribution >= 4 is 38.5 Å². The van der Waals surface area contributed by atoms with Gasteiger partial charge in [0.05, 0.1) is 21.6 Å². The lowest BCUT2D eigenvalue weighted by atomic mass is 10.1. The molecule has 0 saturated carbocycles. The van der Waals surface area contributed by atoms with Crippen LogP contribution in [0.4, 0.5) is 10.1 Å². The minimum Gasteiger partial charge on any atom is -0.377 e. The zero-order valence-electron chi connectivity index (χ0n) is 14.7. The molecule has 0 radical (unpaired) electrons. The molecule has 1 aromatic heterocycles. The summed E-state index contributed by atoms with van der Waals surface area (Å²) in [7, 11) is -3.56. The highest BCUT2D eigenvalue weighted by Crippen LogP contribution is 2.33. The minimum atomic E-state index is -3.56. The van der Waals surface area contributed by atoms with Crippen LogP contribution in [0.1, 0.15) is 29.1 Å². The van der Waals surface area contributed by atoms with E-state index in [1.54, 1.807) is 42.8 Å². The molecule has 4 nitrogen and oxygen atoms in total. The van der Waals surface area contributed by atoms with Gasteiger partial charge in [-0.3, -0.25) is 0 Å². The highest BCUT2D eigenvalue weighted by atomic mass is 35.5. The number of aromatic nitrogens is 1. The molecular formula is C19H18ClFN2O2S2. The second-order valence-electron chi connectivity index (χ2n) is 6.17. The van der Waals surface area contributed by atoms with Crippen LogP contribution in [-0.2, 0) is 15.6 Å². The van der Waals surface area contributed by atoms with Crippen molar-refractivity contribution in [3.63, 3.8) is 0 Å². The first kappa shape index (κ1) is 19.8. The first-order valence-electron chi connectivity index (χ1n) is 8.20. The molecule has 142 valence electrons. The first-order valence-corrected chi connectivity index (χ1v) is 11.1. The molecular weight excluding hydrogens is 407 g/mol. The maximum Gasteiger partial charge on any atom is 0.185 e. The molecule has 0 aliphatic carbocycles. The fourth-order valence-electron chi connectivity index (χ4n) is 2.81. The summed E-state index contributed by atoms with van der Waals surface area (Å²) in [5, 5.41) is 5.69. The van der Waals surface area contributed by atoms with Gasteiger partial charge in [0.25, 0.3) is 0 Å². The van der Waals surface area contributed by atoms with Gasteiger partial charge >= 0.3 is 0 Å². The maximum atomic E-state index is 14.0. The van der Waals surface area contributed by atoms with Gasteiger partial charge < -0.3 is 5.32 Å². The molecule has 1 N–H and O–H groups in total. The van der Waals surface area contributed by atoms with Crippen LogP contribution in [0.2, 0.25) is 5.02 Å². The fraction of sp³-hybridized carbons (Fsp3) is 0.211. The summed E-state index contributed by atoms with van der Waals surface area (Å²) >= 11 is 7.62. The number of aryl methyl sites for hydroxylation is 1. The molecule has 0 amide bonds. The van der Waals surface area contributed by atoms with Crippen LogP contribution in [0, 0.1) is 12.7 Å². The van der Waals surface area contributed by atoms with Crippen LogP contribution in [0.15, 0.2) is 52.9 Å². The van der Waals surface area contributed by atoms with E-state index in [-0.39, 0.29) is 27.5 Å². The van der Waals surface area contributed by atoms with E-state index in [0.29, 0.717) is 21.8 Å². The summed E-state index contributed by atoms with van der Waals surface area (Å²) in [6.07, 6.45) is 1.58. The standard InChI is InChI=1S/C19H18ClFN2O2S2/c1-12-9-17(23-13(2)14-5-3-4-6-16(14)21)15(20)10-18(12)27(24,25)11-19-22-7-8-26-19/h3-10,13,23H,11H2,1-2H3/t13-/m0/s1. The van der Waals surface area contributed by atoms with Crippen molar-refractivity contribution in [2.24, 2.45) is 0 Å². The molecule has 0 unspecified atom stereocenters. The van der Waals surface area contributed by atoms with E-state index in [1.807, 2.05) is 6.92 Å². The van der Waals surface area contributed by atoms with Crippen molar-refractivity contribution in [1.29, 1.82) is 0 Å². The third kappa shape index (κ3) is 4.48. The summed E-state index contributed by atoms with van der Waals surface area (Å²) in [5.74, 6) is -0.478. The predicted octanol–water partition coefficient (Wildman–Crippen LogP) is 5.39. The smallest absolute Gasteiger partial charge is 0.185 e. The predicted molar refractivity (Wildman–Crippen MR) is 108 cm³/mol. The summed E-state index contributed by atoms with van der Waals surface area (Å²) in [6.45, 7) is 3.53. The zero-order valence-corrected chi connectivity index (χ0v) is 17.1. The molecule has 2 aromatic carbocycles. The summed E-state index contributed by atoms with van der Waals surface area (Å²) in [6, 6.07) is 9.27. The second kappa shape index (κ2) is 7.96. The summed E-state index contributed by atoms with van der Waals surface area (Å²) in [5.41, 5.74) is 1.63. The number of sulfone groups is 1. The van der Waals surface area contributed by atoms with Gasteiger partial charge in [0.15, 0.2) is 9.84 Å². The zero-order chi connectivity index (χ0) is 19.6. The van der Waals surface area contributed by atoms with Gasteiger partial charge in [0.2, 0.25) is 0 Å². The molecule has 0 saturated heterocycles. The van der Waals surface area contributed by atoms with E-state index in [9.17, 15) is 12.8 Å². The number of halogens is 2. The van der Waals surface area contributed by atoms with Crippen LogP contribution in [-0.4, -0.2) is 13.4 Å². The molecule has 27 heavy (non-hydrogen) atoms. The number of thiazole rings is 1. The van der Waals surface area contributed by atoms with Crippen molar-refractivity contribution in [3.8, 4) is 0 Å². The fourth-order valence-corrected chi connectivity index (χ4v) is 5.63.